The van der Waals surface area contributed by atoms with Crippen molar-refractivity contribution in [2.75, 3.05) is 0 Å². The Labute approximate surface area is 104 Å². The molecule has 1 aromatic carbocycles. The Kier molecular flexibility index (Phi) is 3.78. The molecular formula is C12H14FN3S. The fourth-order valence-corrected chi connectivity index (χ4v) is 2.32. The summed E-state index contributed by atoms with van der Waals surface area (Å²) >= 11 is 1.56. The van der Waals surface area contributed by atoms with Gasteiger partial charge in [0, 0.05) is 11.7 Å². The lowest BCUT2D eigenvalue weighted by atomic mass is 10.2. The topological polar surface area (TPSA) is 41.6 Å². The molecular weight excluding hydrogens is 237 g/mol. The van der Waals surface area contributed by atoms with Crippen molar-refractivity contribution in [3.05, 3.63) is 41.5 Å². The molecule has 0 aliphatic rings. The molecule has 0 aliphatic heterocycles. The Morgan fingerprint density at radius 2 is 2.06 bits per heavy atom. The summed E-state index contributed by atoms with van der Waals surface area (Å²) in [7, 11) is 0. The van der Waals surface area contributed by atoms with Gasteiger partial charge in [-0.3, -0.25) is 5.10 Å². The van der Waals surface area contributed by atoms with Crippen LogP contribution in [0.5, 0.6) is 0 Å². The van der Waals surface area contributed by atoms with Crippen LogP contribution in [0.15, 0.2) is 29.4 Å². The molecule has 0 spiro atoms. The van der Waals surface area contributed by atoms with Crippen LogP contribution >= 0.6 is 11.8 Å². The Morgan fingerprint density at radius 1 is 1.35 bits per heavy atom. The maximum atomic E-state index is 12.8. The van der Waals surface area contributed by atoms with Crippen LogP contribution in [0.1, 0.15) is 30.5 Å². The smallest absolute Gasteiger partial charge is 0.209 e. The molecule has 0 saturated heterocycles. The third kappa shape index (κ3) is 3.06. The van der Waals surface area contributed by atoms with Gasteiger partial charge in [0.15, 0.2) is 0 Å². The monoisotopic (exact) mass is 251 g/mol. The average Bonchev–Trinajstić information content (AvgIpc) is 2.77. The lowest BCUT2D eigenvalue weighted by Crippen LogP contribution is -1.89. The highest BCUT2D eigenvalue weighted by atomic mass is 32.2. The van der Waals surface area contributed by atoms with E-state index in [4.69, 9.17) is 0 Å². The minimum atomic E-state index is -0.211. The molecule has 1 aromatic heterocycles. The van der Waals surface area contributed by atoms with Crippen LogP contribution in [0.2, 0.25) is 0 Å². The number of aromatic amines is 1. The number of H-pyrrole nitrogens is 1. The van der Waals surface area contributed by atoms with Gasteiger partial charge in [-0.15, -0.1) is 5.10 Å². The van der Waals surface area contributed by atoms with Crippen LogP contribution in [0.4, 0.5) is 4.39 Å². The Balaban J connectivity index is 2.05. The summed E-state index contributed by atoms with van der Waals surface area (Å²) in [5.41, 5.74) is 1.07. The standard InChI is InChI=1S/C12H14FN3S/c1-3-11-14-12(16-15-11)17-8(2)9-4-6-10(13)7-5-9/h4-8H,3H2,1-2H3,(H,14,15,16). The first kappa shape index (κ1) is 12.1. The van der Waals surface area contributed by atoms with Gasteiger partial charge in [-0.05, 0) is 24.6 Å². The number of rotatable bonds is 4. The lowest BCUT2D eigenvalue weighted by Gasteiger charge is -2.08. The highest BCUT2D eigenvalue weighted by Crippen LogP contribution is 2.32. The molecule has 0 aliphatic carbocycles. The van der Waals surface area contributed by atoms with Gasteiger partial charge in [0.1, 0.15) is 11.6 Å². The van der Waals surface area contributed by atoms with E-state index in [1.165, 1.54) is 12.1 Å². The molecule has 0 bridgehead atoms. The molecule has 1 N–H and O–H groups in total. The molecule has 2 rings (SSSR count). The van der Waals surface area contributed by atoms with Crippen molar-refractivity contribution in [3.63, 3.8) is 0 Å². The summed E-state index contributed by atoms with van der Waals surface area (Å²) in [6.45, 7) is 4.08. The van der Waals surface area contributed by atoms with Gasteiger partial charge in [-0.25, -0.2) is 9.37 Å². The molecule has 3 nitrogen and oxygen atoms in total. The molecule has 0 radical (unpaired) electrons. The molecule has 1 heterocycles. The predicted molar refractivity (Wildman–Crippen MR) is 66.4 cm³/mol. The van der Waals surface area contributed by atoms with Crippen molar-refractivity contribution in [1.29, 1.82) is 0 Å². The molecule has 1 unspecified atom stereocenters. The van der Waals surface area contributed by atoms with Crippen molar-refractivity contribution in [1.82, 2.24) is 15.2 Å². The molecule has 1 atom stereocenters. The number of nitrogens with one attached hydrogen (secondary N) is 1. The van der Waals surface area contributed by atoms with Crippen molar-refractivity contribution in [2.45, 2.75) is 30.7 Å². The summed E-state index contributed by atoms with van der Waals surface area (Å²) in [6, 6.07) is 6.53. The second-order valence-electron chi connectivity index (χ2n) is 3.73. The Hall–Kier alpha value is -1.36. The summed E-state index contributed by atoms with van der Waals surface area (Å²) in [4.78, 5) is 4.33. The van der Waals surface area contributed by atoms with Gasteiger partial charge >= 0.3 is 0 Å². The SMILES string of the molecule is CCc1nc(SC(C)c2ccc(F)cc2)n[nH]1. The van der Waals surface area contributed by atoms with Crippen LogP contribution in [0, 0.1) is 5.82 Å². The summed E-state index contributed by atoms with van der Waals surface area (Å²) in [6.07, 6.45) is 0.846. The van der Waals surface area contributed by atoms with Gasteiger partial charge < -0.3 is 0 Å². The highest BCUT2D eigenvalue weighted by Gasteiger charge is 2.11. The van der Waals surface area contributed by atoms with E-state index in [2.05, 4.69) is 22.1 Å². The lowest BCUT2D eigenvalue weighted by molar-refractivity contribution is 0.627. The zero-order valence-corrected chi connectivity index (χ0v) is 10.6. The molecule has 0 amide bonds. The zero-order valence-electron chi connectivity index (χ0n) is 9.77. The number of aryl methyl sites for hydroxylation is 1. The molecule has 0 saturated carbocycles. The first-order valence-electron chi connectivity index (χ1n) is 5.52. The Bertz CT molecular complexity index is 481. The van der Waals surface area contributed by atoms with Crippen LogP contribution in [0.3, 0.4) is 0 Å². The van der Waals surface area contributed by atoms with Crippen LogP contribution in [-0.4, -0.2) is 15.2 Å². The summed E-state index contributed by atoms with van der Waals surface area (Å²) in [5, 5.41) is 7.94. The number of benzene rings is 1. The van der Waals surface area contributed by atoms with Gasteiger partial charge in [0.2, 0.25) is 5.16 Å². The fraction of sp³-hybridized carbons (Fsp3) is 0.333. The quantitative estimate of drug-likeness (QED) is 0.847. The van der Waals surface area contributed by atoms with E-state index in [9.17, 15) is 4.39 Å². The first-order chi connectivity index (χ1) is 8.19. The maximum absolute atomic E-state index is 12.8. The zero-order chi connectivity index (χ0) is 12.3. The third-order valence-electron chi connectivity index (χ3n) is 2.47. The second-order valence-corrected chi connectivity index (χ2v) is 5.04. The largest absolute Gasteiger partial charge is 0.262 e. The van der Waals surface area contributed by atoms with Crippen molar-refractivity contribution in [3.8, 4) is 0 Å². The van der Waals surface area contributed by atoms with Crippen LogP contribution in [-0.2, 0) is 6.42 Å². The highest BCUT2D eigenvalue weighted by molar-refractivity contribution is 7.99. The van der Waals surface area contributed by atoms with Gasteiger partial charge in [0.05, 0.1) is 0 Å². The fourth-order valence-electron chi connectivity index (χ4n) is 1.45. The van der Waals surface area contributed by atoms with Crippen molar-refractivity contribution >= 4 is 11.8 Å². The van der Waals surface area contributed by atoms with E-state index >= 15 is 0 Å². The van der Waals surface area contributed by atoms with E-state index in [1.54, 1.807) is 23.9 Å². The van der Waals surface area contributed by atoms with Crippen molar-refractivity contribution < 1.29 is 4.39 Å². The first-order valence-corrected chi connectivity index (χ1v) is 6.40. The van der Waals surface area contributed by atoms with E-state index in [0.717, 1.165) is 23.0 Å². The molecule has 90 valence electrons. The number of aromatic nitrogens is 3. The minimum absolute atomic E-state index is 0.205. The van der Waals surface area contributed by atoms with Crippen LogP contribution < -0.4 is 0 Å². The van der Waals surface area contributed by atoms with Crippen molar-refractivity contribution in [2.24, 2.45) is 0 Å². The number of hydrogen-bond donors (Lipinski definition) is 1. The molecule has 5 heteroatoms. The number of thioether (sulfide) groups is 1. The Morgan fingerprint density at radius 3 is 2.65 bits per heavy atom. The maximum Gasteiger partial charge on any atom is 0.209 e. The van der Waals surface area contributed by atoms with E-state index in [1.807, 2.05) is 6.92 Å². The predicted octanol–water partition coefficient (Wildman–Crippen LogP) is 3.36. The molecule has 17 heavy (non-hydrogen) atoms. The third-order valence-corrected chi connectivity index (χ3v) is 3.49. The molecule has 0 fully saturated rings. The van der Waals surface area contributed by atoms with E-state index in [-0.39, 0.29) is 11.1 Å². The number of hydrogen-bond acceptors (Lipinski definition) is 3. The normalized spacial score (nSPS) is 12.6. The summed E-state index contributed by atoms with van der Waals surface area (Å²) < 4.78 is 12.8. The number of halogens is 1. The summed E-state index contributed by atoms with van der Waals surface area (Å²) in [5.74, 6) is 0.677. The average molecular weight is 251 g/mol. The minimum Gasteiger partial charge on any atom is -0.262 e. The van der Waals surface area contributed by atoms with Gasteiger partial charge in [-0.2, -0.15) is 0 Å². The van der Waals surface area contributed by atoms with Crippen LogP contribution in [0.25, 0.3) is 0 Å². The van der Waals surface area contributed by atoms with E-state index in [0.29, 0.717) is 0 Å². The second kappa shape index (κ2) is 5.31. The van der Waals surface area contributed by atoms with Gasteiger partial charge in [0.25, 0.3) is 0 Å². The van der Waals surface area contributed by atoms with E-state index < -0.39 is 0 Å². The number of nitrogens with zero attached hydrogens (tertiary/aromatic N) is 2. The molecule has 2 aromatic rings. The van der Waals surface area contributed by atoms with Gasteiger partial charge in [-0.1, -0.05) is 30.8 Å².